The summed E-state index contributed by atoms with van der Waals surface area (Å²) in [6.45, 7) is 9.71. The molecular formula is C19H31N3O3. The lowest BCUT2D eigenvalue weighted by atomic mass is 10.0. The Bertz CT molecular complexity index is 577. The fourth-order valence-electron chi connectivity index (χ4n) is 3.20. The molecule has 0 saturated carbocycles. The fourth-order valence-corrected chi connectivity index (χ4v) is 3.20. The lowest BCUT2D eigenvalue weighted by Gasteiger charge is -2.38. The summed E-state index contributed by atoms with van der Waals surface area (Å²) in [6.07, 6.45) is 0. The van der Waals surface area contributed by atoms with Crippen molar-refractivity contribution in [2.75, 3.05) is 46.9 Å². The van der Waals surface area contributed by atoms with Gasteiger partial charge in [-0.2, -0.15) is 0 Å². The van der Waals surface area contributed by atoms with Crippen molar-refractivity contribution < 1.29 is 14.3 Å². The van der Waals surface area contributed by atoms with E-state index in [4.69, 9.17) is 9.47 Å². The number of benzene rings is 1. The summed E-state index contributed by atoms with van der Waals surface area (Å²) < 4.78 is 11.5. The van der Waals surface area contributed by atoms with Crippen LogP contribution in [-0.4, -0.2) is 68.7 Å². The van der Waals surface area contributed by atoms with E-state index in [2.05, 4.69) is 17.1 Å². The van der Waals surface area contributed by atoms with Crippen LogP contribution >= 0.6 is 0 Å². The van der Waals surface area contributed by atoms with E-state index in [0.717, 1.165) is 36.7 Å². The number of amides is 1. The van der Waals surface area contributed by atoms with Gasteiger partial charge in [0.25, 0.3) is 0 Å². The summed E-state index contributed by atoms with van der Waals surface area (Å²) in [5.74, 6) is 1.55. The molecule has 1 aliphatic rings. The molecule has 1 heterocycles. The predicted octanol–water partition coefficient (Wildman–Crippen LogP) is 1.91. The number of hydrogen-bond acceptors (Lipinski definition) is 5. The van der Waals surface area contributed by atoms with Crippen LogP contribution in [0.2, 0.25) is 0 Å². The number of rotatable bonds is 7. The van der Waals surface area contributed by atoms with Crippen LogP contribution in [0.4, 0.5) is 0 Å². The van der Waals surface area contributed by atoms with Crippen LogP contribution in [0.25, 0.3) is 0 Å². The number of nitrogens with zero attached hydrogens (tertiary/aromatic N) is 2. The third-order valence-electron chi connectivity index (χ3n) is 4.33. The Morgan fingerprint density at radius 2 is 2.04 bits per heavy atom. The highest BCUT2D eigenvalue weighted by atomic mass is 16.5. The number of ether oxygens (including phenoxy) is 2. The maximum Gasteiger partial charge on any atom is 0.244 e. The number of carbonyl (C=O) groups excluding carboxylic acids is 1. The van der Waals surface area contributed by atoms with Gasteiger partial charge in [-0.1, -0.05) is 0 Å². The summed E-state index contributed by atoms with van der Waals surface area (Å²) in [4.78, 5) is 16.9. The average molecular weight is 349 g/mol. The number of likely N-dealkylation sites (N-methyl/N-ethyl adjacent to an activating group) is 1. The molecule has 0 aliphatic carbocycles. The molecule has 6 heteroatoms. The first-order valence-electron chi connectivity index (χ1n) is 9.06. The van der Waals surface area contributed by atoms with Crippen molar-refractivity contribution in [2.24, 2.45) is 0 Å². The first-order valence-corrected chi connectivity index (χ1v) is 9.06. The smallest absolute Gasteiger partial charge is 0.244 e. The van der Waals surface area contributed by atoms with Crippen molar-refractivity contribution in [2.45, 2.75) is 32.9 Å². The van der Waals surface area contributed by atoms with Crippen LogP contribution < -0.4 is 14.8 Å². The molecule has 0 radical (unpaired) electrons. The molecule has 1 aromatic rings. The van der Waals surface area contributed by atoms with E-state index in [0.29, 0.717) is 19.3 Å². The van der Waals surface area contributed by atoms with Gasteiger partial charge in [-0.25, -0.2) is 0 Å². The van der Waals surface area contributed by atoms with Crippen molar-refractivity contribution in [1.29, 1.82) is 0 Å². The molecule has 1 N–H and O–H groups in total. The summed E-state index contributed by atoms with van der Waals surface area (Å²) in [7, 11) is 3.60. The van der Waals surface area contributed by atoms with E-state index < -0.39 is 0 Å². The highest BCUT2D eigenvalue weighted by Gasteiger charge is 2.33. The molecule has 1 aliphatic heterocycles. The first kappa shape index (κ1) is 19.5. The molecule has 6 nitrogen and oxygen atoms in total. The van der Waals surface area contributed by atoms with E-state index in [1.165, 1.54) is 0 Å². The van der Waals surface area contributed by atoms with Gasteiger partial charge in [0.15, 0.2) is 0 Å². The molecule has 140 valence electrons. The van der Waals surface area contributed by atoms with Crippen LogP contribution in [0, 0.1) is 0 Å². The summed E-state index contributed by atoms with van der Waals surface area (Å²) in [6, 6.07) is 5.78. The SMILES string of the molecule is CCOc1ccc(C(C(=O)N(C)C)N2CCNC(C)C2)c(OCC)c1. The van der Waals surface area contributed by atoms with Gasteiger partial charge < -0.3 is 19.7 Å². The lowest BCUT2D eigenvalue weighted by Crippen LogP contribution is -2.53. The van der Waals surface area contributed by atoms with Gasteiger partial charge in [0.1, 0.15) is 17.5 Å². The monoisotopic (exact) mass is 349 g/mol. The maximum atomic E-state index is 13.0. The second kappa shape index (κ2) is 9.06. The van der Waals surface area contributed by atoms with Gasteiger partial charge in [0, 0.05) is 51.4 Å². The molecular weight excluding hydrogens is 318 g/mol. The quantitative estimate of drug-likeness (QED) is 0.815. The maximum absolute atomic E-state index is 13.0. The Morgan fingerprint density at radius 3 is 2.64 bits per heavy atom. The topological polar surface area (TPSA) is 54.0 Å². The van der Waals surface area contributed by atoms with Crippen molar-refractivity contribution in [3.8, 4) is 11.5 Å². The molecule has 2 rings (SSSR count). The second-order valence-corrected chi connectivity index (χ2v) is 6.55. The third-order valence-corrected chi connectivity index (χ3v) is 4.33. The van der Waals surface area contributed by atoms with E-state index >= 15 is 0 Å². The van der Waals surface area contributed by atoms with Gasteiger partial charge in [-0.15, -0.1) is 0 Å². The predicted molar refractivity (Wildman–Crippen MR) is 99.3 cm³/mol. The zero-order valence-corrected chi connectivity index (χ0v) is 16.0. The normalized spacial score (nSPS) is 19.3. The number of nitrogens with one attached hydrogen (secondary N) is 1. The highest BCUT2D eigenvalue weighted by molar-refractivity contribution is 5.84. The van der Waals surface area contributed by atoms with Gasteiger partial charge in [-0.3, -0.25) is 9.69 Å². The zero-order chi connectivity index (χ0) is 18.4. The summed E-state index contributed by atoms with van der Waals surface area (Å²) in [5, 5.41) is 3.43. The standard InChI is InChI=1S/C19H31N3O3/c1-6-24-15-8-9-16(17(12-15)25-7-2)18(19(23)21(4)5)22-11-10-20-14(3)13-22/h8-9,12,14,18,20H,6-7,10-11,13H2,1-5H3. The molecule has 0 bridgehead atoms. The molecule has 2 atom stereocenters. The fraction of sp³-hybridized carbons (Fsp3) is 0.632. The first-order chi connectivity index (χ1) is 12.0. The van der Waals surface area contributed by atoms with Crippen LogP contribution in [0.5, 0.6) is 11.5 Å². The van der Waals surface area contributed by atoms with Crippen molar-refractivity contribution in [3.63, 3.8) is 0 Å². The Morgan fingerprint density at radius 1 is 1.32 bits per heavy atom. The molecule has 2 unspecified atom stereocenters. The summed E-state index contributed by atoms with van der Waals surface area (Å²) in [5.41, 5.74) is 0.901. The molecule has 1 amide bonds. The number of hydrogen-bond donors (Lipinski definition) is 1. The molecule has 25 heavy (non-hydrogen) atoms. The van der Waals surface area contributed by atoms with Crippen LogP contribution in [0.3, 0.4) is 0 Å². The lowest BCUT2D eigenvalue weighted by molar-refractivity contribution is -0.135. The van der Waals surface area contributed by atoms with Gasteiger partial charge in [0.2, 0.25) is 5.91 Å². The van der Waals surface area contributed by atoms with Crippen LogP contribution in [-0.2, 0) is 4.79 Å². The number of carbonyl (C=O) groups is 1. The number of piperazine rings is 1. The molecule has 0 aromatic heterocycles. The van der Waals surface area contributed by atoms with E-state index in [1.807, 2.05) is 32.0 Å². The van der Waals surface area contributed by atoms with Crippen LogP contribution in [0.1, 0.15) is 32.4 Å². The van der Waals surface area contributed by atoms with Crippen molar-refractivity contribution in [3.05, 3.63) is 23.8 Å². The highest BCUT2D eigenvalue weighted by Crippen LogP contribution is 2.34. The minimum Gasteiger partial charge on any atom is -0.494 e. The average Bonchev–Trinajstić information content (AvgIpc) is 2.57. The van der Waals surface area contributed by atoms with Gasteiger partial charge in [0.05, 0.1) is 13.2 Å². The Labute approximate surface area is 151 Å². The van der Waals surface area contributed by atoms with Crippen molar-refractivity contribution in [1.82, 2.24) is 15.1 Å². The minimum atomic E-state index is -0.350. The molecule has 1 aromatic carbocycles. The zero-order valence-electron chi connectivity index (χ0n) is 16.0. The van der Waals surface area contributed by atoms with Crippen molar-refractivity contribution >= 4 is 5.91 Å². The van der Waals surface area contributed by atoms with E-state index in [1.54, 1.807) is 19.0 Å². The molecule has 0 spiro atoms. The Balaban J connectivity index is 2.43. The van der Waals surface area contributed by atoms with Crippen LogP contribution in [0.15, 0.2) is 18.2 Å². The van der Waals surface area contributed by atoms with Gasteiger partial charge >= 0.3 is 0 Å². The second-order valence-electron chi connectivity index (χ2n) is 6.55. The Hall–Kier alpha value is -1.79. The van der Waals surface area contributed by atoms with E-state index in [-0.39, 0.29) is 11.9 Å². The summed E-state index contributed by atoms with van der Waals surface area (Å²) >= 11 is 0. The Kier molecular flexibility index (Phi) is 7.08. The van der Waals surface area contributed by atoms with Gasteiger partial charge in [-0.05, 0) is 32.9 Å². The largest absolute Gasteiger partial charge is 0.494 e. The van der Waals surface area contributed by atoms with E-state index in [9.17, 15) is 4.79 Å². The minimum absolute atomic E-state index is 0.0687. The molecule has 1 fully saturated rings. The third kappa shape index (κ3) is 4.86. The molecule has 1 saturated heterocycles.